The lowest BCUT2D eigenvalue weighted by Gasteiger charge is -2.03. The van der Waals surface area contributed by atoms with E-state index in [0.717, 1.165) is 6.42 Å². The van der Waals surface area contributed by atoms with Crippen LogP contribution in [-0.4, -0.2) is 5.78 Å². The summed E-state index contributed by atoms with van der Waals surface area (Å²) in [5, 5.41) is 0. The van der Waals surface area contributed by atoms with Gasteiger partial charge in [0.25, 0.3) is 0 Å². The minimum atomic E-state index is 0.319. The van der Waals surface area contributed by atoms with E-state index in [9.17, 15) is 4.79 Å². The molecule has 3 atom stereocenters. The molecular weight excluding hydrogens is 366 g/mol. The highest BCUT2D eigenvalue weighted by Gasteiger charge is 2.33. The van der Waals surface area contributed by atoms with Crippen LogP contribution in [0.15, 0.2) is 0 Å². The number of halogens is 2. The summed E-state index contributed by atoms with van der Waals surface area (Å²) in [6.07, 6.45) is 1.10. The summed E-state index contributed by atoms with van der Waals surface area (Å²) in [6.45, 7) is 6.23. The maximum absolute atomic E-state index is 11.1. The van der Waals surface area contributed by atoms with Crippen LogP contribution in [-0.2, 0) is 4.79 Å². The standard InChI is InChI=1S/C8H14O.I2/c1-5-4-6(2)8(9)7(5)3;1-2/h5-7H,4H2,1-3H3;/t5?,6-,7?;/m1./s1. The van der Waals surface area contributed by atoms with Crippen molar-refractivity contribution < 1.29 is 4.79 Å². The average molecular weight is 380 g/mol. The predicted octanol–water partition coefficient (Wildman–Crippen LogP) is 3.64. The zero-order chi connectivity index (χ0) is 9.02. The van der Waals surface area contributed by atoms with Gasteiger partial charge < -0.3 is 0 Å². The smallest absolute Gasteiger partial charge is 0.138 e. The van der Waals surface area contributed by atoms with E-state index >= 15 is 0 Å². The average Bonchev–Trinajstić information content (AvgIpc) is 2.22. The monoisotopic (exact) mass is 380 g/mol. The molecule has 1 rings (SSSR count). The second kappa shape index (κ2) is 5.72. The van der Waals surface area contributed by atoms with E-state index in [4.69, 9.17) is 0 Å². The molecule has 1 aliphatic rings. The Morgan fingerprint density at radius 1 is 1.27 bits per heavy atom. The Morgan fingerprint density at radius 2 is 1.73 bits per heavy atom. The molecule has 11 heavy (non-hydrogen) atoms. The Bertz CT molecular complexity index is 136. The van der Waals surface area contributed by atoms with Crippen LogP contribution in [0.3, 0.4) is 0 Å². The molecule has 1 saturated carbocycles. The van der Waals surface area contributed by atoms with Crippen molar-refractivity contribution in [3.8, 4) is 0 Å². The number of rotatable bonds is 0. The molecule has 0 spiro atoms. The molecule has 0 radical (unpaired) electrons. The second-order valence-corrected chi connectivity index (χ2v) is 3.31. The van der Waals surface area contributed by atoms with Crippen molar-refractivity contribution in [2.75, 3.05) is 0 Å². The van der Waals surface area contributed by atoms with Crippen molar-refractivity contribution >= 4 is 43.0 Å². The van der Waals surface area contributed by atoms with Gasteiger partial charge in [-0.15, -0.1) is 0 Å². The van der Waals surface area contributed by atoms with Crippen molar-refractivity contribution in [3.63, 3.8) is 0 Å². The van der Waals surface area contributed by atoms with Crippen molar-refractivity contribution in [2.45, 2.75) is 27.2 Å². The lowest BCUT2D eigenvalue weighted by atomic mass is 10.0. The molecule has 1 fully saturated rings. The van der Waals surface area contributed by atoms with Gasteiger partial charge in [-0.05, 0) is 12.3 Å². The van der Waals surface area contributed by atoms with Crippen LogP contribution >= 0.6 is 37.2 Å². The van der Waals surface area contributed by atoms with E-state index in [2.05, 4.69) is 44.2 Å². The zero-order valence-corrected chi connectivity index (χ0v) is 11.4. The van der Waals surface area contributed by atoms with Crippen molar-refractivity contribution in [1.82, 2.24) is 0 Å². The maximum atomic E-state index is 11.1. The Morgan fingerprint density at radius 3 is 1.82 bits per heavy atom. The fourth-order valence-corrected chi connectivity index (χ4v) is 1.61. The Balaban J connectivity index is 0.000000461. The lowest BCUT2D eigenvalue weighted by molar-refractivity contribution is -0.123. The molecular formula is C8H14I2O. The first-order valence-corrected chi connectivity index (χ1v) is 10.1. The molecule has 66 valence electrons. The number of ketones is 1. The Hall–Kier alpha value is 1.13. The number of hydrogen-bond donors (Lipinski definition) is 0. The van der Waals surface area contributed by atoms with E-state index in [1.165, 1.54) is 0 Å². The van der Waals surface area contributed by atoms with Crippen LogP contribution in [0, 0.1) is 17.8 Å². The molecule has 0 amide bonds. The van der Waals surface area contributed by atoms with Crippen molar-refractivity contribution in [2.24, 2.45) is 17.8 Å². The van der Waals surface area contributed by atoms with Gasteiger partial charge in [0.1, 0.15) is 5.78 Å². The quantitative estimate of drug-likeness (QED) is 0.587. The van der Waals surface area contributed by atoms with E-state index in [0.29, 0.717) is 23.5 Å². The molecule has 0 saturated heterocycles. The molecule has 0 aromatic rings. The first-order chi connectivity index (χ1) is 5.13. The zero-order valence-electron chi connectivity index (χ0n) is 7.10. The molecule has 0 heterocycles. The summed E-state index contributed by atoms with van der Waals surface area (Å²) in [4.78, 5) is 11.1. The first-order valence-electron chi connectivity index (χ1n) is 3.81. The number of Topliss-reactive ketones (excluding diaryl/α,β-unsaturated/α-hetero) is 1. The second-order valence-electron chi connectivity index (χ2n) is 3.31. The molecule has 3 heteroatoms. The largest absolute Gasteiger partial charge is 0.299 e. The number of carbonyl (C=O) groups excluding carboxylic acids is 1. The Labute approximate surface area is 92.0 Å². The van der Waals surface area contributed by atoms with Crippen molar-refractivity contribution in [1.29, 1.82) is 0 Å². The van der Waals surface area contributed by atoms with Crippen molar-refractivity contribution in [3.05, 3.63) is 0 Å². The Kier molecular flexibility index (Phi) is 6.31. The van der Waals surface area contributed by atoms with Crippen LogP contribution in [0.1, 0.15) is 27.2 Å². The summed E-state index contributed by atoms with van der Waals surface area (Å²) in [6, 6.07) is 0. The SMILES string of the molecule is CC1C[C@@H](C)C(=O)C1C.II. The van der Waals surface area contributed by atoms with Gasteiger partial charge in [0.05, 0.1) is 0 Å². The summed E-state index contributed by atoms with van der Waals surface area (Å²) < 4.78 is 0. The van der Waals surface area contributed by atoms with Gasteiger partial charge in [0, 0.05) is 49.1 Å². The van der Waals surface area contributed by atoms with Gasteiger partial charge in [0.15, 0.2) is 0 Å². The molecule has 1 aliphatic carbocycles. The minimum absolute atomic E-state index is 0.319. The third kappa shape index (κ3) is 3.16. The molecule has 0 bridgehead atoms. The van der Waals surface area contributed by atoms with Crippen LogP contribution in [0.4, 0.5) is 0 Å². The van der Waals surface area contributed by atoms with Gasteiger partial charge in [-0.1, -0.05) is 20.8 Å². The van der Waals surface area contributed by atoms with E-state index in [1.807, 2.05) is 13.8 Å². The first kappa shape index (κ1) is 12.1. The van der Waals surface area contributed by atoms with Crippen LogP contribution in [0.2, 0.25) is 0 Å². The number of carbonyl (C=O) groups is 1. The highest BCUT2D eigenvalue weighted by atomic mass is 128. The van der Waals surface area contributed by atoms with Gasteiger partial charge in [-0.3, -0.25) is 4.79 Å². The van der Waals surface area contributed by atoms with E-state index in [-0.39, 0.29) is 0 Å². The van der Waals surface area contributed by atoms with Crippen LogP contribution < -0.4 is 0 Å². The van der Waals surface area contributed by atoms with Gasteiger partial charge >= 0.3 is 0 Å². The third-order valence-corrected chi connectivity index (χ3v) is 2.51. The van der Waals surface area contributed by atoms with Gasteiger partial charge in [-0.25, -0.2) is 0 Å². The fourth-order valence-electron chi connectivity index (χ4n) is 1.61. The fraction of sp³-hybridized carbons (Fsp3) is 0.875. The molecule has 0 aliphatic heterocycles. The summed E-state index contributed by atoms with van der Waals surface area (Å²) in [5.74, 6) is 1.73. The summed E-state index contributed by atoms with van der Waals surface area (Å²) in [5.41, 5.74) is 0. The molecule has 0 aromatic carbocycles. The molecule has 2 unspecified atom stereocenters. The van der Waals surface area contributed by atoms with Gasteiger partial charge in [-0.2, -0.15) is 0 Å². The van der Waals surface area contributed by atoms with Gasteiger partial charge in [0.2, 0.25) is 0 Å². The molecule has 0 aromatic heterocycles. The van der Waals surface area contributed by atoms with Crippen LogP contribution in [0.25, 0.3) is 0 Å². The van der Waals surface area contributed by atoms with E-state index in [1.54, 1.807) is 0 Å². The lowest BCUT2D eigenvalue weighted by Crippen LogP contribution is -2.10. The highest BCUT2D eigenvalue weighted by Crippen LogP contribution is 2.31. The third-order valence-electron chi connectivity index (χ3n) is 2.51. The molecule has 0 N–H and O–H groups in total. The maximum Gasteiger partial charge on any atom is 0.138 e. The minimum Gasteiger partial charge on any atom is -0.299 e. The predicted molar refractivity (Wildman–Crippen MR) is 65.2 cm³/mol. The topological polar surface area (TPSA) is 17.1 Å². The molecule has 1 nitrogen and oxygen atoms in total. The normalized spacial score (nSPS) is 36.5. The summed E-state index contributed by atoms with van der Waals surface area (Å²) >= 11 is 4.24. The number of hydrogen-bond acceptors (Lipinski definition) is 1. The highest BCUT2D eigenvalue weighted by molar-refractivity contribution is 15.0. The van der Waals surface area contributed by atoms with E-state index < -0.39 is 0 Å². The summed E-state index contributed by atoms with van der Waals surface area (Å²) in [7, 11) is 0. The van der Waals surface area contributed by atoms with Crippen LogP contribution in [0.5, 0.6) is 0 Å².